The molecule has 0 N–H and O–H groups in total. The van der Waals surface area contributed by atoms with Gasteiger partial charge in [0.15, 0.2) is 0 Å². The zero-order valence-corrected chi connectivity index (χ0v) is 13.4. The molecule has 0 unspecified atom stereocenters. The number of carbonyl (C=O) groups excluding carboxylic acids is 1. The Morgan fingerprint density at radius 3 is 2.95 bits per heavy atom. The number of hydrogen-bond donors (Lipinski definition) is 0. The van der Waals surface area contributed by atoms with Crippen molar-refractivity contribution in [2.45, 2.75) is 19.4 Å². The number of fused-ring (bicyclic) bond motifs is 1. The minimum Gasteiger partial charge on any atom is -0.496 e. The summed E-state index contributed by atoms with van der Waals surface area (Å²) in [6.07, 6.45) is 1.08. The fourth-order valence-electron chi connectivity index (χ4n) is 2.79. The fraction of sp³-hybridized carbons (Fsp3) is 0.375. The molecule has 1 amide bonds. The highest BCUT2D eigenvalue weighted by atomic mass is 35.5. The highest BCUT2D eigenvalue weighted by Gasteiger charge is 2.25. The van der Waals surface area contributed by atoms with E-state index in [0.717, 1.165) is 29.1 Å². The second kappa shape index (κ2) is 6.01. The van der Waals surface area contributed by atoms with Crippen LogP contribution in [-0.2, 0) is 31.2 Å². The summed E-state index contributed by atoms with van der Waals surface area (Å²) < 4.78 is 7.16. The summed E-state index contributed by atoms with van der Waals surface area (Å²) >= 11 is 6.05. The van der Waals surface area contributed by atoms with Gasteiger partial charge in [-0.25, -0.2) is 4.98 Å². The predicted octanol–water partition coefficient (Wildman–Crippen LogP) is 2.21. The van der Waals surface area contributed by atoms with E-state index in [4.69, 9.17) is 16.3 Å². The Balaban J connectivity index is 1.75. The Morgan fingerprint density at radius 2 is 2.18 bits per heavy atom. The van der Waals surface area contributed by atoms with E-state index in [0.29, 0.717) is 24.8 Å². The molecule has 0 aliphatic carbocycles. The van der Waals surface area contributed by atoms with Gasteiger partial charge in [-0.05, 0) is 17.7 Å². The van der Waals surface area contributed by atoms with E-state index < -0.39 is 0 Å². The molecule has 0 saturated carbocycles. The topological polar surface area (TPSA) is 47.4 Å². The van der Waals surface area contributed by atoms with Crippen molar-refractivity contribution in [2.24, 2.45) is 7.05 Å². The lowest BCUT2D eigenvalue weighted by atomic mass is 10.1. The molecule has 2 heterocycles. The molecule has 0 fully saturated rings. The maximum Gasteiger partial charge on any atom is 0.227 e. The highest BCUT2D eigenvalue weighted by molar-refractivity contribution is 6.28. The van der Waals surface area contributed by atoms with Crippen molar-refractivity contribution in [1.82, 2.24) is 14.5 Å². The lowest BCUT2D eigenvalue weighted by molar-refractivity contribution is -0.131. The van der Waals surface area contributed by atoms with Crippen LogP contribution in [0.3, 0.4) is 0 Å². The van der Waals surface area contributed by atoms with Gasteiger partial charge < -0.3 is 14.2 Å². The van der Waals surface area contributed by atoms with Crippen molar-refractivity contribution in [1.29, 1.82) is 0 Å². The average Bonchev–Trinajstić information content (AvgIpc) is 2.82. The summed E-state index contributed by atoms with van der Waals surface area (Å²) in [5.74, 6) is 0.838. The van der Waals surface area contributed by atoms with Crippen molar-refractivity contribution < 1.29 is 9.53 Å². The Kier molecular flexibility index (Phi) is 4.07. The number of carbonyl (C=O) groups is 1. The first-order valence-corrected chi connectivity index (χ1v) is 7.57. The molecule has 1 aromatic carbocycles. The molecular formula is C16H18ClN3O2. The van der Waals surface area contributed by atoms with Gasteiger partial charge in [-0.1, -0.05) is 18.2 Å². The molecule has 0 atom stereocenters. The van der Waals surface area contributed by atoms with E-state index >= 15 is 0 Å². The standard InChI is InChI=1S/C16H18ClN3O2/c1-19-13-10-20(8-7-12(13)18-16(19)17)15(21)9-11-5-3-4-6-14(11)22-2/h3-6H,7-10H2,1-2H3. The summed E-state index contributed by atoms with van der Waals surface area (Å²) in [7, 11) is 3.50. The van der Waals surface area contributed by atoms with Gasteiger partial charge in [0.2, 0.25) is 11.2 Å². The van der Waals surface area contributed by atoms with Gasteiger partial charge in [-0.2, -0.15) is 0 Å². The van der Waals surface area contributed by atoms with E-state index in [9.17, 15) is 4.79 Å². The van der Waals surface area contributed by atoms with Gasteiger partial charge in [0.25, 0.3) is 0 Å². The lowest BCUT2D eigenvalue weighted by Gasteiger charge is -2.27. The maximum atomic E-state index is 12.6. The third kappa shape index (κ3) is 2.68. The molecule has 0 bridgehead atoms. The third-order valence-electron chi connectivity index (χ3n) is 4.09. The largest absolute Gasteiger partial charge is 0.496 e. The molecule has 1 aromatic heterocycles. The minimum atomic E-state index is 0.0903. The normalized spacial score (nSPS) is 13.9. The number of amides is 1. The van der Waals surface area contributed by atoms with Gasteiger partial charge in [0.1, 0.15) is 5.75 Å². The van der Waals surface area contributed by atoms with Crippen LogP contribution in [0.15, 0.2) is 24.3 Å². The van der Waals surface area contributed by atoms with E-state index in [2.05, 4.69) is 4.98 Å². The highest BCUT2D eigenvalue weighted by Crippen LogP contribution is 2.24. The molecule has 0 saturated heterocycles. The molecule has 0 spiro atoms. The van der Waals surface area contributed by atoms with Crippen molar-refractivity contribution in [3.8, 4) is 5.75 Å². The first-order chi connectivity index (χ1) is 10.6. The number of nitrogens with zero attached hydrogens (tertiary/aromatic N) is 3. The third-order valence-corrected chi connectivity index (χ3v) is 4.43. The van der Waals surface area contributed by atoms with Crippen LogP contribution in [0.2, 0.25) is 5.28 Å². The first kappa shape index (κ1) is 14.9. The Labute approximate surface area is 134 Å². The fourth-order valence-corrected chi connectivity index (χ4v) is 2.99. The zero-order chi connectivity index (χ0) is 15.7. The van der Waals surface area contributed by atoms with Crippen LogP contribution < -0.4 is 4.74 Å². The molecule has 1 aliphatic rings. The minimum absolute atomic E-state index is 0.0903. The van der Waals surface area contributed by atoms with Crippen LogP contribution in [0.4, 0.5) is 0 Å². The van der Waals surface area contributed by atoms with Crippen LogP contribution in [0.25, 0.3) is 0 Å². The number of rotatable bonds is 3. The summed E-state index contributed by atoms with van der Waals surface area (Å²) in [5.41, 5.74) is 2.92. The van der Waals surface area contributed by atoms with Crippen LogP contribution in [0.5, 0.6) is 5.75 Å². The monoisotopic (exact) mass is 319 g/mol. The lowest BCUT2D eigenvalue weighted by Crippen LogP contribution is -2.37. The van der Waals surface area contributed by atoms with Crippen molar-refractivity contribution in [2.75, 3.05) is 13.7 Å². The summed E-state index contributed by atoms with van der Waals surface area (Å²) in [6.45, 7) is 1.23. The number of ether oxygens (including phenoxy) is 1. The average molecular weight is 320 g/mol. The second-order valence-corrected chi connectivity index (χ2v) is 5.73. The summed E-state index contributed by atoms with van der Waals surface area (Å²) in [6, 6.07) is 7.61. The molecule has 1 aliphatic heterocycles. The molecule has 22 heavy (non-hydrogen) atoms. The number of halogens is 1. The maximum absolute atomic E-state index is 12.6. The van der Waals surface area contributed by atoms with E-state index in [-0.39, 0.29) is 5.91 Å². The number of para-hydroxylation sites is 1. The van der Waals surface area contributed by atoms with Gasteiger partial charge in [0.05, 0.1) is 31.5 Å². The first-order valence-electron chi connectivity index (χ1n) is 7.19. The Morgan fingerprint density at radius 1 is 1.41 bits per heavy atom. The number of benzene rings is 1. The summed E-state index contributed by atoms with van der Waals surface area (Å²) in [4.78, 5) is 18.8. The van der Waals surface area contributed by atoms with Gasteiger partial charge >= 0.3 is 0 Å². The molecular weight excluding hydrogens is 302 g/mol. The van der Waals surface area contributed by atoms with Gasteiger partial charge in [-0.15, -0.1) is 0 Å². The number of methoxy groups -OCH3 is 1. The molecule has 2 aromatic rings. The molecule has 3 rings (SSSR count). The molecule has 5 nitrogen and oxygen atoms in total. The SMILES string of the molecule is COc1ccccc1CC(=O)N1CCc2nc(Cl)n(C)c2C1. The predicted molar refractivity (Wildman–Crippen MR) is 84.0 cm³/mol. The summed E-state index contributed by atoms with van der Waals surface area (Å²) in [5, 5.41) is 0.476. The second-order valence-electron chi connectivity index (χ2n) is 5.39. The van der Waals surface area contributed by atoms with Crippen molar-refractivity contribution in [3.05, 3.63) is 46.5 Å². The van der Waals surface area contributed by atoms with Crippen molar-refractivity contribution >= 4 is 17.5 Å². The number of hydrogen-bond acceptors (Lipinski definition) is 3. The van der Waals surface area contributed by atoms with E-state index in [1.165, 1.54) is 0 Å². The quantitative estimate of drug-likeness (QED) is 0.871. The number of imidazole rings is 1. The smallest absolute Gasteiger partial charge is 0.227 e. The zero-order valence-electron chi connectivity index (χ0n) is 12.7. The Hall–Kier alpha value is -2.01. The van der Waals surface area contributed by atoms with Crippen molar-refractivity contribution in [3.63, 3.8) is 0 Å². The van der Waals surface area contributed by atoms with Crippen LogP contribution in [-0.4, -0.2) is 34.0 Å². The molecule has 6 heteroatoms. The van der Waals surface area contributed by atoms with E-state index in [1.54, 1.807) is 7.11 Å². The van der Waals surface area contributed by atoms with Gasteiger partial charge in [0, 0.05) is 25.6 Å². The van der Waals surface area contributed by atoms with Crippen LogP contribution >= 0.6 is 11.6 Å². The Bertz CT molecular complexity index is 711. The molecule has 0 radical (unpaired) electrons. The van der Waals surface area contributed by atoms with Crippen LogP contribution in [0.1, 0.15) is 17.0 Å². The van der Waals surface area contributed by atoms with Crippen LogP contribution in [0, 0.1) is 0 Å². The molecule has 116 valence electrons. The van der Waals surface area contributed by atoms with E-state index in [1.807, 2.05) is 40.8 Å². The van der Waals surface area contributed by atoms with Gasteiger partial charge in [-0.3, -0.25) is 4.79 Å². The number of aromatic nitrogens is 2.